The van der Waals surface area contributed by atoms with Crippen molar-refractivity contribution >= 4 is 33.2 Å². The Morgan fingerprint density at radius 2 is 1.80 bits per heavy atom. The van der Waals surface area contributed by atoms with Crippen LogP contribution in [0.3, 0.4) is 0 Å². The average Bonchev–Trinajstić information content (AvgIpc) is 2.52. The molecule has 0 fully saturated rings. The van der Waals surface area contributed by atoms with Gasteiger partial charge in [0, 0.05) is 23.2 Å². The minimum Gasteiger partial charge on any atom is -0.350 e. The standard InChI is InChI=1S/C16H15ClF2N2O3S/c1-25(23,24)21(15-7-6-13(18)10-14(15)19)9-8-20-16(22)11-2-4-12(17)5-3-11/h2-7,10H,8-9H2,1H3,(H,20,22). The van der Waals surface area contributed by atoms with Gasteiger partial charge < -0.3 is 5.32 Å². The molecule has 2 aromatic carbocycles. The average molecular weight is 389 g/mol. The number of sulfonamides is 1. The lowest BCUT2D eigenvalue weighted by Crippen LogP contribution is -2.38. The van der Waals surface area contributed by atoms with Crippen LogP contribution in [-0.2, 0) is 10.0 Å². The number of hydrogen-bond donors (Lipinski definition) is 1. The summed E-state index contributed by atoms with van der Waals surface area (Å²) >= 11 is 5.74. The third-order valence-electron chi connectivity index (χ3n) is 3.29. The SMILES string of the molecule is CS(=O)(=O)N(CCNC(=O)c1ccc(Cl)cc1)c1ccc(F)cc1F. The highest BCUT2D eigenvalue weighted by Crippen LogP contribution is 2.22. The minimum atomic E-state index is -3.82. The van der Waals surface area contributed by atoms with Gasteiger partial charge >= 0.3 is 0 Å². The molecule has 2 aromatic rings. The summed E-state index contributed by atoms with van der Waals surface area (Å²) in [7, 11) is -3.82. The molecule has 2 rings (SSSR count). The third kappa shape index (κ3) is 5.14. The molecule has 1 amide bonds. The summed E-state index contributed by atoms with van der Waals surface area (Å²) in [6.45, 7) is -0.272. The highest BCUT2D eigenvalue weighted by Gasteiger charge is 2.21. The topological polar surface area (TPSA) is 66.5 Å². The lowest BCUT2D eigenvalue weighted by molar-refractivity contribution is 0.0955. The predicted octanol–water partition coefficient (Wildman–Crippen LogP) is 2.81. The van der Waals surface area contributed by atoms with Crippen LogP contribution in [0.5, 0.6) is 0 Å². The smallest absolute Gasteiger partial charge is 0.251 e. The molecule has 0 unspecified atom stereocenters. The molecule has 0 aromatic heterocycles. The number of nitrogens with one attached hydrogen (secondary N) is 1. The van der Waals surface area contributed by atoms with Crippen LogP contribution in [0.25, 0.3) is 0 Å². The lowest BCUT2D eigenvalue weighted by atomic mass is 10.2. The maximum Gasteiger partial charge on any atom is 0.251 e. The quantitative estimate of drug-likeness (QED) is 0.827. The fourth-order valence-electron chi connectivity index (χ4n) is 2.12. The maximum atomic E-state index is 13.9. The normalized spacial score (nSPS) is 11.2. The van der Waals surface area contributed by atoms with Crippen molar-refractivity contribution < 1.29 is 22.0 Å². The largest absolute Gasteiger partial charge is 0.350 e. The zero-order valence-corrected chi connectivity index (χ0v) is 14.7. The number of benzene rings is 2. The van der Waals surface area contributed by atoms with Crippen LogP contribution >= 0.6 is 11.6 Å². The van der Waals surface area contributed by atoms with Crippen molar-refractivity contribution in [1.29, 1.82) is 0 Å². The van der Waals surface area contributed by atoms with Crippen LogP contribution in [0.4, 0.5) is 14.5 Å². The maximum absolute atomic E-state index is 13.9. The highest BCUT2D eigenvalue weighted by molar-refractivity contribution is 7.92. The van der Waals surface area contributed by atoms with Crippen LogP contribution < -0.4 is 9.62 Å². The van der Waals surface area contributed by atoms with Gasteiger partial charge in [-0.1, -0.05) is 11.6 Å². The van der Waals surface area contributed by atoms with E-state index in [-0.39, 0.29) is 18.8 Å². The Hall–Kier alpha value is -2.19. The number of carbonyl (C=O) groups excluding carboxylic acids is 1. The van der Waals surface area contributed by atoms with E-state index < -0.39 is 27.6 Å². The van der Waals surface area contributed by atoms with E-state index in [9.17, 15) is 22.0 Å². The highest BCUT2D eigenvalue weighted by atomic mass is 35.5. The van der Waals surface area contributed by atoms with E-state index in [1.807, 2.05) is 0 Å². The molecular formula is C16H15ClF2N2O3S. The molecule has 9 heteroatoms. The van der Waals surface area contributed by atoms with E-state index in [0.717, 1.165) is 22.7 Å². The van der Waals surface area contributed by atoms with Gasteiger partial charge in [0.15, 0.2) is 0 Å². The zero-order chi connectivity index (χ0) is 18.6. The van der Waals surface area contributed by atoms with Crippen LogP contribution in [-0.4, -0.2) is 33.7 Å². The van der Waals surface area contributed by atoms with Crippen LogP contribution in [0.1, 0.15) is 10.4 Å². The molecule has 25 heavy (non-hydrogen) atoms. The van der Waals surface area contributed by atoms with Crippen molar-refractivity contribution in [2.75, 3.05) is 23.7 Å². The van der Waals surface area contributed by atoms with Gasteiger partial charge in [0.25, 0.3) is 5.91 Å². The van der Waals surface area contributed by atoms with Crippen LogP contribution in [0.2, 0.25) is 5.02 Å². The molecule has 0 aliphatic carbocycles. The van der Waals surface area contributed by atoms with Gasteiger partial charge in [0.05, 0.1) is 18.5 Å². The second-order valence-corrected chi connectivity index (χ2v) is 7.54. The van der Waals surface area contributed by atoms with Crippen LogP contribution in [0, 0.1) is 11.6 Å². The van der Waals surface area contributed by atoms with Crippen molar-refractivity contribution in [2.45, 2.75) is 0 Å². The number of anilines is 1. The first-order valence-corrected chi connectivity index (χ1v) is 9.37. The monoisotopic (exact) mass is 388 g/mol. The molecule has 1 N–H and O–H groups in total. The Morgan fingerprint density at radius 3 is 2.36 bits per heavy atom. The summed E-state index contributed by atoms with van der Waals surface area (Å²) in [5.74, 6) is -2.25. The Balaban J connectivity index is 2.08. The molecule has 0 radical (unpaired) electrons. The Kier molecular flexibility index (Phi) is 5.97. The number of amides is 1. The summed E-state index contributed by atoms with van der Waals surface area (Å²) in [5, 5.41) is 3.02. The molecule has 0 aliphatic rings. The van der Waals surface area contributed by atoms with E-state index in [1.165, 1.54) is 12.1 Å². The van der Waals surface area contributed by atoms with Gasteiger partial charge in [-0.05, 0) is 36.4 Å². The molecule has 0 saturated carbocycles. The molecule has 0 heterocycles. The number of halogens is 3. The number of nitrogens with zero attached hydrogens (tertiary/aromatic N) is 1. The number of hydrogen-bond acceptors (Lipinski definition) is 3. The second kappa shape index (κ2) is 7.79. The summed E-state index contributed by atoms with van der Waals surface area (Å²) < 4.78 is 51.4. The Labute approximate surface area is 149 Å². The molecule has 0 atom stereocenters. The van der Waals surface area contributed by atoms with E-state index in [1.54, 1.807) is 12.1 Å². The van der Waals surface area contributed by atoms with E-state index in [2.05, 4.69) is 5.32 Å². The van der Waals surface area contributed by atoms with Gasteiger partial charge in [-0.15, -0.1) is 0 Å². The van der Waals surface area contributed by atoms with Crippen molar-refractivity contribution in [2.24, 2.45) is 0 Å². The molecule has 5 nitrogen and oxygen atoms in total. The van der Waals surface area contributed by atoms with Crippen molar-refractivity contribution in [3.05, 3.63) is 64.7 Å². The first-order chi connectivity index (χ1) is 11.7. The number of carbonyl (C=O) groups is 1. The lowest BCUT2D eigenvalue weighted by Gasteiger charge is -2.23. The minimum absolute atomic E-state index is 0.0641. The Bertz CT molecular complexity index is 873. The first kappa shape index (κ1) is 19.1. The molecule has 0 spiro atoms. The van der Waals surface area contributed by atoms with Gasteiger partial charge in [0.1, 0.15) is 11.6 Å². The third-order valence-corrected chi connectivity index (χ3v) is 4.72. The van der Waals surface area contributed by atoms with Crippen molar-refractivity contribution in [3.63, 3.8) is 0 Å². The summed E-state index contributed by atoms with van der Waals surface area (Å²) in [6, 6.07) is 8.73. The van der Waals surface area contributed by atoms with Crippen molar-refractivity contribution in [1.82, 2.24) is 5.32 Å². The summed E-state index contributed by atoms with van der Waals surface area (Å²) in [5.41, 5.74) is 0.0629. The van der Waals surface area contributed by atoms with Crippen LogP contribution in [0.15, 0.2) is 42.5 Å². The Morgan fingerprint density at radius 1 is 1.16 bits per heavy atom. The fourth-order valence-corrected chi connectivity index (χ4v) is 3.18. The molecular weight excluding hydrogens is 374 g/mol. The predicted molar refractivity (Wildman–Crippen MR) is 92.3 cm³/mol. The van der Waals surface area contributed by atoms with Crippen molar-refractivity contribution in [3.8, 4) is 0 Å². The van der Waals surface area contributed by atoms with E-state index >= 15 is 0 Å². The van der Waals surface area contributed by atoms with Gasteiger partial charge in [-0.25, -0.2) is 17.2 Å². The van der Waals surface area contributed by atoms with Gasteiger partial charge in [-0.2, -0.15) is 0 Å². The van der Waals surface area contributed by atoms with E-state index in [4.69, 9.17) is 11.6 Å². The molecule has 0 aliphatic heterocycles. The van der Waals surface area contributed by atoms with Gasteiger partial charge in [0.2, 0.25) is 10.0 Å². The van der Waals surface area contributed by atoms with Gasteiger partial charge in [-0.3, -0.25) is 9.10 Å². The first-order valence-electron chi connectivity index (χ1n) is 7.15. The number of rotatable bonds is 6. The molecule has 0 bridgehead atoms. The molecule has 134 valence electrons. The molecule has 0 saturated heterocycles. The second-order valence-electron chi connectivity index (χ2n) is 5.19. The van der Waals surface area contributed by atoms with E-state index in [0.29, 0.717) is 16.7 Å². The fraction of sp³-hybridized carbons (Fsp3) is 0.188. The summed E-state index contributed by atoms with van der Waals surface area (Å²) in [6.07, 6.45) is 0.900. The zero-order valence-electron chi connectivity index (χ0n) is 13.2. The summed E-state index contributed by atoms with van der Waals surface area (Å²) in [4.78, 5) is 12.0.